The Morgan fingerprint density at radius 3 is 2.42 bits per heavy atom. The lowest BCUT2D eigenvalue weighted by molar-refractivity contribution is -0.153. The first-order valence-corrected chi connectivity index (χ1v) is 16.9. The van der Waals surface area contributed by atoms with Gasteiger partial charge in [-0.1, -0.05) is 24.0 Å². The predicted octanol–water partition coefficient (Wildman–Crippen LogP) is 6.35. The number of nitrogens with zero attached hydrogens (tertiary/aromatic N) is 3. The molecular weight excluding hydrogens is 691 g/mol. The summed E-state index contributed by atoms with van der Waals surface area (Å²) in [5, 5.41) is 6.64. The van der Waals surface area contributed by atoms with E-state index in [1.54, 1.807) is 23.1 Å². The Kier molecular flexibility index (Phi) is 11.9. The molecule has 3 aromatic rings. The van der Waals surface area contributed by atoms with Gasteiger partial charge in [-0.2, -0.15) is 26.3 Å². The number of nitrogens with one attached hydrogen (secondary N) is 2. The van der Waals surface area contributed by atoms with Gasteiger partial charge in [-0.3, -0.25) is 4.79 Å². The van der Waals surface area contributed by atoms with E-state index in [9.17, 15) is 31.1 Å². The molecule has 5 rings (SSSR count). The van der Waals surface area contributed by atoms with Crippen LogP contribution in [0.25, 0.3) is 10.1 Å². The van der Waals surface area contributed by atoms with Crippen molar-refractivity contribution in [1.29, 1.82) is 0 Å². The van der Waals surface area contributed by atoms with Gasteiger partial charge in [-0.15, -0.1) is 11.3 Å². The maximum atomic E-state index is 15.1. The van der Waals surface area contributed by atoms with Crippen LogP contribution in [0.5, 0.6) is 5.75 Å². The highest BCUT2D eigenvalue weighted by Crippen LogP contribution is 2.40. The molecule has 272 valence electrons. The lowest BCUT2D eigenvalue weighted by Crippen LogP contribution is -2.45. The van der Waals surface area contributed by atoms with Crippen molar-refractivity contribution in [1.82, 2.24) is 9.80 Å². The highest BCUT2D eigenvalue weighted by molar-refractivity contribution is 7.20. The average Bonchev–Trinajstić information content (AvgIpc) is 3.39. The van der Waals surface area contributed by atoms with Crippen LogP contribution < -0.4 is 20.3 Å². The number of alkyl halides is 6. The number of amides is 1. The second-order valence-corrected chi connectivity index (χ2v) is 13.4. The van der Waals surface area contributed by atoms with Crippen LogP contribution in [0.15, 0.2) is 30.3 Å². The largest absolute Gasteiger partial charge is 0.482 e. The lowest BCUT2D eigenvalue weighted by atomic mass is 10.0. The number of likely N-dealkylation sites (N-methyl/N-ethyl adjacent to an activating group) is 1. The molecule has 0 spiro atoms. The average molecular weight is 730 g/mol. The third-order valence-electron chi connectivity index (χ3n) is 8.22. The number of carbonyl (C=O) groups is 1. The van der Waals surface area contributed by atoms with Crippen LogP contribution in [-0.4, -0.2) is 107 Å². The number of hydrogen-bond donors (Lipinski definition) is 2. The molecule has 2 aromatic carbocycles. The quantitative estimate of drug-likeness (QED) is 0.186. The van der Waals surface area contributed by atoms with Gasteiger partial charge in [0.15, 0.2) is 6.61 Å². The molecule has 8 nitrogen and oxygen atoms in total. The number of hydrogen-bond acceptors (Lipinski definition) is 8. The fourth-order valence-corrected chi connectivity index (χ4v) is 7.07. The van der Waals surface area contributed by atoms with Gasteiger partial charge in [0.25, 0.3) is 0 Å². The van der Waals surface area contributed by atoms with E-state index in [1.165, 1.54) is 6.07 Å². The number of thiophene rings is 1. The minimum atomic E-state index is -4.64. The minimum Gasteiger partial charge on any atom is -0.482 e. The van der Waals surface area contributed by atoms with Crippen LogP contribution in [0.3, 0.4) is 0 Å². The van der Waals surface area contributed by atoms with E-state index < -0.39 is 31.2 Å². The van der Waals surface area contributed by atoms with E-state index in [1.807, 2.05) is 23.9 Å². The van der Waals surface area contributed by atoms with Gasteiger partial charge in [0, 0.05) is 44.4 Å². The van der Waals surface area contributed by atoms with Crippen molar-refractivity contribution in [3.8, 4) is 17.6 Å². The van der Waals surface area contributed by atoms with Crippen molar-refractivity contribution in [3.63, 3.8) is 0 Å². The fourth-order valence-electron chi connectivity index (χ4n) is 5.90. The Balaban J connectivity index is 1.35. The lowest BCUT2D eigenvalue weighted by Gasteiger charge is -2.33. The Labute approximate surface area is 289 Å². The first-order chi connectivity index (χ1) is 23.7. The fraction of sp³-hybridized carbons (Fsp3) is 0.500. The Morgan fingerprint density at radius 2 is 1.76 bits per heavy atom. The molecule has 0 aliphatic carbocycles. The van der Waals surface area contributed by atoms with Crippen molar-refractivity contribution >= 4 is 44.4 Å². The second-order valence-electron chi connectivity index (χ2n) is 12.4. The minimum absolute atomic E-state index is 0.0136. The maximum absolute atomic E-state index is 15.1. The summed E-state index contributed by atoms with van der Waals surface area (Å²) < 4.78 is 106. The van der Waals surface area contributed by atoms with E-state index >= 15 is 4.39 Å². The van der Waals surface area contributed by atoms with Gasteiger partial charge in [0.2, 0.25) is 5.91 Å². The zero-order chi connectivity index (χ0) is 36.1. The summed E-state index contributed by atoms with van der Waals surface area (Å²) in [5.41, 5.74) is 0.679. The molecule has 0 radical (unpaired) electrons. The molecule has 0 saturated carbocycles. The number of rotatable bonds is 10. The van der Waals surface area contributed by atoms with E-state index in [0.717, 1.165) is 17.4 Å². The first-order valence-electron chi connectivity index (χ1n) is 16.1. The topological polar surface area (TPSA) is 69.3 Å². The molecule has 2 fully saturated rings. The molecule has 0 atom stereocenters. The van der Waals surface area contributed by atoms with Crippen molar-refractivity contribution in [2.45, 2.75) is 37.7 Å². The number of ether oxygens (including phenoxy) is 2. The maximum Gasteiger partial charge on any atom is 0.422 e. The zero-order valence-electron chi connectivity index (χ0n) is 27.6. The molecule has 0 bridgehead atoms. The summed E-state index contributed by atoms with van der Waals surface area (Å²) in [5.74, 6) is 4.68. The SMILES string of the molecule is CN(C)CC(=O)N1CCC(Nc2cccc3c(CC(F)(F)F)c(C#CCNc4cc(F)c(N5CCOCC5)cc4OCC(F)(F)F)sc23)CC1. The van der Waals surface area contributed by atoms with Gasteiger partial charge < -0.3 is 34.8 Å². The van der Waals surface area contributed by atoms with Crippen LogP contribution >= 0.6 is 11.3 Å². The number of morpholine rings is 1. The summed E-state index contributed by atoms with van der Waals surface area (Å²) in [6.07, 6.45) is -9.00. The third kappa shape index (κ3) is 10.1. The van der Waals surface area contributed by atoms with Gasteiger partial charge in [-0.05, 0) is 44.0 Å². The smallest absolute Gasteiger partial charge is 0.422 e. The molecule has 2 aliphatic rings. The summed E-state index contributed by atoms with van der Waals surface area (Å²) in [4.78, 5) is 17.9. The molecule has 16 heteroatoms. The van der Waals surface area contributed by atoms with E-state index in [2.05, 4.69) is 22.5 Å². The Bertz CT molecular complexity index is 1700. The molecular formula is C34H38F7N5O3S. The van der Waals surface area contributed by atoms with Gasteiger partial charge in [-0.25, -0.2) is 4.39 Å². The summed E-state index contributed by atoms with van der Waals surface area (Å²) in [6, 6.07) is 7.33. The monoisotopic (exact) mass is 729 g/mol. The first kappa shape index (κ1) is 37.3. The molecule has 2 aliphatic heterocycles. The molecule has 3 heterocycles. The highest BCUT2D eigenvalue weighted by atomic mass is 32.1. The Hall–Kier alpha value is -3.94. The number of carbonyl (C=O) groups excluding carboxylic acids is 1. The molecule has 1 aromatic heterocycles. The molecule has 2 saturated heterocycles. The molecule has 0 unspecified atom stereocenters. The van der Waals surface area contributed by atoms with Crippen molar-refractivity contribution in [2.24, 2.45) is 0 Å². The number of likely N-dealkylation sites (tertiary alicyclic amines) is 1. The summed E-state index contributed by atoms with van der Waals surface area (Å²) in [6.45, 7) is 0.987. The van der Waals surface area contributed by atoms with Gasteiger partial charge >= 0.3 is 12.4 Å². The van der Waals surface area contributed by atoms with Crippen molar-refractivity contribution in [2.75, 3.05) is 88.7 Å². The molecule has 2 N–H and O–H groups in total. The Morgan fingerprint density at radius 1 is 1.04 bits per heavy atom. The second kappa shape index (κ2) is 15.9. The van der Waals surface area contributed by atoms with E-state index in [0.29, 0.717) is 74.6 Å². The number of halogens is 7. The standard InChI is InChI=1S/C34H38F7N5O3S/c1-44(2)20-31(47)46-11-8-22(9-12-46)43-26-6-3-5-23-24(19-33(36,37)38)30(50-32(23)26)7-4-10-42-27-17-25(35)28(45-13-15-48-16-14-45)18-29(27)49-21-34(39,40)41/h3,5-6,17-18,22,42-43H,8-16,19-21H2,1-2H3. The summed E-state index contributed by atoms with van der Waals surface area (Å²) in [7, 11) is 3.66. The predicted molar refractivity (Wildman–Crippen MR) is 180 cm³/mol. The van der Waals surface area contributed by atoms with Gasteiger partial charge in [0.05, 0.1) is 59.4 Å². The van der Waals surface area contributed by atoms with Crippen molar-refractivity contribution < 1.29 is 45.0 Å². The zero-order valence-corrected chi connectivity index (χ0v) is 28.4. The highest BCUT2D eigenvalue weighted by Gasteiger charge is 2.32. The van der Waals surface area contributed by atoms with Gasteiger partial charge in [0.1, 0.15) is 11.6 Å². The van der Waals surface area contributed by atoms with Crippen LogP contribution in [0.4, 0.5) is 47.8 Å². The van der Waals surface area contributed by atoms with E-state index in [-0.39, 0.29) is 46.1 Å². The van der Waals surface area contributed by atoms with Crippen LogP contribution in [-0.2, 0) is 16.0 Å². The third-order valence-corrected chi connectivity index (χ3v) is 9.41. The van der Waals surface area contributed by atoms with Crippen LogP contribution in [0.1, 0.15) is 23.3 Å². The normalized spacial score (nSPS) is 16.0. The number of fused-ring (bicyclic) bond motifs is 1. The number of piperidine rings is 1. The van der Waals surface area contributed by atoms with E-state index in [4.69, 9.17) is 9.47 Å². The van der Waals surface area contributed by atoms with Crippen molar-refractivity contribution in [3.05, 3.63) is 46.6 Å². The molecule has 50 heavy (non-hydrogen) atoms. The number of benzene rings is 2. The van der Waals surface area contributed by atoms with Crippen LogP contribution in [0, 0.1) is 17.7 Å². The number of anilines is 3. The summed E-state index contributed by atoms with van der Waals surface area (Å²) >= 11 is 1.11. The van der Waals surface area contributed by atoms with Crippen LogP contribution in [0.2, 0.25) is 0 Å². The molecule has 1 amide bonds.